The van der Waals surface area contributed by atoms with Gasteiger partial charge in [0.05, 0.1) is 5.25 Å². The second-order valence-electron chi connectivity index (χ2n) is 5.32. The minimum absolute atomic E-state index is 0.123. The molecule has 0 bridgehead atoms. The molecule has 21 heavy (non-hydrogen) atoms. The van der Waals surface area contributed by atoms with E-state index in [9.17, 15) is 17.8 Å². The van der Waals surface area contributed by atoms with Crippen molar-refractivity contribution in [2.24, 2.45) is 0 Å². The number of hydrogen-bond donors (Lipinski definition) is 0. The van der Waals surface area contributed by atoms with Crippen LogP contribution in [0.25, 0.3) is 0 Å². The van der Waals surface area contributed by atoms with Crippen molar-refractivity contribution in [2.45, 2.75) is 37.5 Å². The van der Waals surface area contributed by atoms with Crippen LogP contribution in [0.15, 0.2) is 18.2 Å². The topological polar surface area (TPSA) is 37.4 Å². The Labute approximate surface area is 125 Å². The molecule has 1 fully saturated rings. The van der Waals surface area contributed by atoms with Crippen LogP contribution in [0.5, 0.6) is 0 Å². The van der Waals surface area contributed by atoms with E-state index in [0.717, 1.165) is 25.0 Å². The van der Waals surface area contributed by atoms with E-state index in [1.54, 1.807) is 18.9 Å². The van der Waals surface area contributed by atoms with E-state index in [2.05, 4.69) is 0 Å². The molecule has 0 aromatic heterocycles. The fraction of sp³-hybridized carbons (Fsp3) is 0.533. The molecular weight excluding hydrogens is 296 g/mol. The van der Waals surface area contributed by atoms with Crippen molar-refractivity contribution in [3.8, 4) is 0 Å². The Morgan fingerprint density at radius 2 is 2.10 bits per heavy atom. The summed E-state index contributed by atoms with van der Waals surface area (Å²) in [5.74, 6) is -1.68. The summed E-state index contributed by atoms with van der Waals surface area (Å²) in [6.45, 7) is 1.78. The summed E-state index contributed by atoms with van der Waals surface area (Å²) in [5.41, 5.74) is 0.208. The third-order valence-corrected chi connectivity index (χ3v) is 5.50. The Hall–Kier alpha value is -1.30. The molecule has 2 rings (SSSR count). The van der Waals surface area contributed by atoms with E-state index in [0.29, 0.717) is 6.42 Å². The Balaban J connectivity index is 2.09. The number of halogens is 2. The first kappa shape index (κ1) is 16.1. The maximum absolute atomic E-state index is 13.8. The van der Waals surface area contributed by atoms with Gasteiger partial charge >= 0.3 is 0 Å². The molecule has 3 nitrogen and oxygen atoms in total. The lowest BCUT2D eigenvalue weighted by molar-refractivity contribution is -0.127. The highest BCUT2D eigenvalue weighted by atomic mass is 32.2. The number of nitrogens with zero attached hydrogens (tertiary/aromatic N) is 1. The number of benzene rings is 1. The first-order chi connectivity index (χ1) is 9.93. The van der Waals surface area contributed by atoms with Crippen molar-refractivity contribution in [2.75, 3.05) is 12.8 Å². The van der Waals surface area contributed by atoms with E-state index in [1.165, 1.54) is 6.07 Å². The molecule has 1 aromatic carbocycles. The molecule has 1 aliphatic carbocycles. The molecule has 0 unspecified atom stereocenters. The number of carbonyl (C=O) groups excluding carboxylic acids is 1. The first-order valence-corrected chi connectivity index (χ1v) is 8.40. The van der Waals surface area contributed by atoms with Crippen LogP contribution in [0, 0.1) is 11.6 Å². The second kappa shape index (κ2) is 6.64. The zero-order valence-corrected chi connectivity index (χ0v) is 13.0. The van der Waals surface area contributed by atoms with E-state index in [1.807, 2.05) is 0 Å². The fourth-order valence-corrected chi connectivity index (χ4v) is 3.79. The van der Waals surface area contributed by atoms with E-state index < -0.39 is 27.7 Å². The highest BCUT2D eigenvalue weighted by Crippen LogP contribution is 2.28. The van der Waals surface area contributed by atoms with Gasteiger partial charge < -0.3 is 4.90 Å². The molecule has 0 radical (unpaired) electrons. The monoisotopic (exact) mass is 315 g/mol. The number of amides is 1. The lowest BCUT2D eigenvalue weighted by Crippen LogP contribution is -2.33. The predicted octanol–water partition coefficient (Wildman–Crippen LogP) is 2.79. The van der Waals surface area contributed by atoms with Gasteiger partial charge in [-0.2, -0.15) is 0 Å². The number of hydrogen-bond acceptors (Lipinski definition) is 2. The van der Waals surface area contributed by atoms with Gasteiger partial charge in [-0.05, 0) is 25.3 Å². The number of rotatable bonds is 6. The molecule has 6 heteroatoms. The van der Waals surface area contributed by atoms with E-state index in [4.69, 9.17) is 0 Å². The largest absolute Gasteiger partial charge is 0.342 e. The maximum atomic E-state index is 13.8. The molecule has 0 N–H and O–H groups in total. The fourth-order valence-electron chi connectivity index (χ4n) is 2.30. The van der Waals surface area contributed by atoms with Crippen LogP contribution in [0.4, 0.5) is 8.78 Å². The minimum Gasteiger partial charge on any atom is -0.342 e. The summed E-state index contributed by atoms with van der Waals surface area (Å²) in [6, 6.07) is 3.51. The van der Waals surface area contributed by atoms with Gasteiger partial charge in [0.1, 0.15) is 17.4 Å². The quantitative estimate of drug-likeness (QED) is 0.809. The molecule has 0 saturated heterocycles. The molecule has 0 spiro atoms. The summed E-state index contributed by atoms with van der Waals surface area (Å²) < 4.78 is 39.1. The van der Waals surface area contributed by atoms with Crippen molar-refractivity contribution in [3.05, 3.63) is 35.4 Å². The molecule has 1 aromatic rings. The second-order valence-corrected chi connectivity index (χ2v) is 6.94. The van der Waals surface area contributed by atoms with Gasteiger partial charge in [-0.15, -0.1) is 0 Å². The Morgan fingerprint density at radius 3 is 2.62 bits per heavy atom. The van der Waals surface area contributed by atoms with Crippen LogP contribution in [0.3, 0.4) is 0 Å². The van der Waals surface area contributed by atoms with Gasteiger partial charge in [0.25, 0.3) is 0 Å². The summed E-state index contributed by atoms with van der Waals surface area (Å²) in [5, 5.41) is -0.595. The van der Waals surface area contributed by atoms with Gasteiger partial charge in [-0.3, -0.25) is 9.00 Å². The van der Waals surface area contributed by atoms with Crippen LogP contribution >= 0.6 is 0 Å². The van der Waals surface area contributed by atoms with Crippen molar-refractivity contribution in [1.82, 2.24) is 4.90 Å². The van der Waals surface area contributed by atoms with Gasteiger partial charge in [-0.1, -0.05) is 13.0 Å². The lowest BCUT2D eigenvalue weighted by atomic mass is 10.1. The van der Waals surface area contributed by atoms with Crippen LogP contribution in [-0.4, -0.2) is 33.9 Å². The molecule has 2 atom stereocenters. The number of carbonyl (C=O) groups is 1. The summed E-state index contributed by atoms with van der Waals surface area (Å²) in [4.78, 5) is 13.6. The van der Waals surface area contributed by atoms with Crippen LogP contribution in [0.2, 0.25) is 0 Å². The van der Waals surface area contributed by atoms with Gasteiger partial charge in [0.2, 0.25) is 5.91 Å². The first-order valence-electron chi connectivity index (χ1n) is 7.01. The zero-order valence-electron chi connectivity index (χ0n) is 12.1. The van der Waals surface area contributed by atoms with Crippen molar-refractivity contribution < 1.29 is 17.8 Å². The molecule has 116 valence electrons. The Bertz CT molecular complexity index is 561. The minimum atomic E-state index is -1.52. The van der Waals surface area contributed by atoms with Crippen molar-refractivity contribution >= 4 is 16.7 Å². The molecular formula is C15H19F2NO2S. The van der Waals surface area contributed by atoms with Crippen molar-refractivity contribution in [3.63, 3.8) is 0 Å². The predicted molar refractivity (Wildman–Crippen MR) is 78.2 cm³/mol. The molecule has 1 aliphatic rings. The summed E-state index contributed by atoms with van der Waals surface area (Å²) in [6.07, 6.45) is 2.40. The third kappa shape index (κ3) is 3.87. The normalized spacial score (nSPS) is 17.3. The smallest absolute Gasteiger partial charge is 0.235 e. The average Bonchev–Trinajstić information content (AvgIpc) is 3.25. The van der Waals surface area contributed by atoms with Gasteiger partial charge in [-0.25, -0.2) is 8.78 Å². The molecule has 1 amide bonds. The molecule has 0 heterocycles. The summed E-state index contributed by atoms with van der Waals surface area (Å²) in [7, 11) is 0.186. The third-order valence-electron chi connectivity index (χ3n) is 3.75. The standard InChI is InChI=1S/C15H19F2NO2S/c1-3-14(12-7-4-10(16)8-13(12)17)21(20)9-15(19)18(2)11-5-6-11/h4,7-8,11,14H,3,5-6,9H2,1-2H3/t14-,21+/m1/s1. The van der Waals surface area contributed by atoms with Crippen LogP contribution < -0.4 is 0 Å². The lowest BCUT2D eigenvalue weighted by Gasteiger charge is -2.19. The van der Waals surface area contributed by atoms with Gasteiger partial charge in [0.15, 0.2) is 0 Å². The Kier molecular flexibility index (Phi) is 5.08. The Morgan fingerprint density at radius 1 is 1.43 bits per heavy atom. The highest BCUT2D eigenvalue weighted by molar-refractivity contribution is 7.86. The average molecular weight is 315 g/mol. The van der Waals surface area contributed by atoms with Crippen LogP contribution in [-0.2, 0) is 15.6 Å². The van der Waals surface area contributed by atoms with Crippen molar-refractivity contribution in [1.29, 1.82) is 0 Å². The maximum Gasteiger partial charge on any atom is 0.235 e. The zero-order chi connectivity index (χ0) is 15.6. The molecule has 1 saturated carbocycles. The molecule has 0 aliphatic heterocycles. The highest BCUT2D eigenvalue weighted by Gasteiger charge is 2.31. The SMILES string of the molecule is CC[C@H](c1ccc(F)cc1F)[S@@](=O)CC(=O)N(C)C1CC1. The van der Waals surface area contributed by atoms with E-state index >= 15 is 0 Å². The van der Waals surface area contributed by atoms with E-state index in [-0.39, 0.29) is 23.3 Å². The summed E-state index contributed by atoms with van der Waals surface area (Å²) >= 11 is 0. The van der Waals surface area contributed by atoms with Crippen LogP contribution in [0.1, 0.15) is 37.0 Å². The van der Waals surface area contributed by atoms with Gasteiger partial charge in [0, 0.05) is 35.5 Å².